The molecule has 3 heteroatoms. The van der Waals surface area contributed by atoms with E-state index < -0.39 is 0 Å². The fourth-order valence-corrected chi connectivity index (χ4v) is 8.35. The highest BCUT2D eigenvalue weighted by Crippen LogP contribution is 2.44. The first-order chi connectivity index (χ1) is 27.3. The van der Waals surface area contributed by atoms with Gasteiger partial charge >= 0.3 is 0 Å². The van der Waals surface area contributed by atoms with E-state index in [0.717, 1.165) is 39.2 Å². The third-order valence-corrected chi connectivity index (χ3v) is 10.9. The fourth-order valence-electron chi connectivity index (χ4n) is 8.35. The fraction of sp³-hybridized carbons (Fsp3) is 0. The van der Waals surface area contributed by atoms with E-state index in [2.05, 4.69) is 180 Å². The molecule has 8 aromatic carbocycles. The van der Waals surface area contributed by atoms with Gasteiger partial charge in [-0.15, -0.1) is 0 Å². The number of nitrogens with zero attached hydrogens (tertiary/aromatic N) is 3. The molecule has 0 unspecified atom stereocenters. The molecule has 11 rings (SSSR count). The van der Waals surface area contributed by atoms with Crippen LogP contribution in [0.4, 0.5) is 0 Å². The van der Waals surface area contributed by atoms with Gasteiger partial charge in [0.1, 0.15) is 0 Å². The van der Waals surface area contributed by atoms with Crippen molar-refractivity contribution in [3.63, 3.8) is 0 Å². The normalized spacial score (nSPS) is 11.6. The van der Waals surface area contributed by atoms with Crippen molar-refractivity contribution < 1.29 is 0 Å². The second-order valence-corrected chi connectivity index (χ2v) is 14.2. The topological polar surface area (TPSA) is 30.2 Å². The van der Waals surface area contributed by atoms with Crippen LogP contribution in [-0.2, 0) is 0 Å². The number of hydrogen-bond acceptors (Lipinski definition) is 2. The molecule has 0 aliphatic carbocycles. The molecule has 3 nitrogen and oxygen atoms in total. The number of para-hydroxylation sites is 1. The van der Waals surface area contributed by atoms with Gasteiger partial charge in [0.2, 0.25) is 0 Å². The molecule has 0 amide bonds. The van der Waals surface area contributed by atoms with Gasteiger partial charge in [-0.05, 0) is 63.7 Å². The van der Waals surface area contributed by atoms with E-state index in [1.54, 1.807) is 0 Å². The lowest BCUT2D eigenvalue weighted by Crippen LogP contribution is -1.96. The van der Waals surface area contributed by atoms with Gasteiger partial charge in [-0.3, -0.25) is 0 Å². The second kappa shape index (κ2) is 12.6. The van der Waals surface area contributed by atoms with Gasteiger partial charge in [0.05, 0.1) is 27.9 Å². The first kappa shape index (κ1) is 31.2. The molecule has 0 spiro atoms. The molecule has 0 radical (unpaired) electrons. The SMILES string of the molecule is c1ccc(-c2cc(-c3cccc(-c4cccc(-c5ccc6c7ccc(-c8ccccc8)c8c9ccccc9n(c6c5)c78)c4)c3)nc(-c3ccccc3)n2)cc1. The van der Waals surface area contributed by atoms with Gasteiger partial charge in [-0.25, -0.2) is 9.97 Å². The summed E-state index contributed by atoms with van der Waals surface area (Å²) < 4.78 is 2.48. The highest BCUT2D eigenvalue weighted by molar-refractivity contribution is 6.27. The summed E-state index contributed by atoms with van der Waals surface area (Å²) in [7, 11) is 0. The Bertz CT molecular complexity index is 3120. The summed E-state index contributed by atoms with van der Waals surface area (Å²) in [6, 6.07) is 71.4. The number of hydrogen-bond donors (Lipinski definition) is 0. The number of fused-ring (bicyclic) bond motifs is 6. The average Bonchev–Trinajstić information content (AvgIpc) is 3.79. The third-order valence-electron chi connectivity index (χ3n) is 10.9. The van der Waals surface area contributed by atoms with Crippen LogP contribution in [0.5, 0.6) is 0 Å². The molecular weight excluding hydrogens is 667 g/mol. The molecule has 256 valence electrons. The van der Waals surface area contributed by atoms with Gasteiger partial charge in [0.25, 0.3) is 0 Å². The maximum Gasteiger partial charge on any atom is 0.160 e. The van der Waals surface area contributed by atoms with Crippen LogP contribution in [0.2, 0.25) is 0 Å². The predicted octanol–water partition coefficient (Wildman–Crippen LogP) is 13.6. The molecule has 0 aliphatic rings. The van der Waals surface area contributed by atoms with Gasteiger partial charge in [0, 0.05) is 38.2 Å². The number of rotatable bonds is 6. The van der Waals surface area contributed by atoms with Crippen LogP contribution in [0, 0.1) is 0 Å². The van der Waals surface area contributed by atoms with E-state index >= 15 is 0 Å². The lowest BCUT2D eigenvalue weighted by molar-refractivity contribution is 1.18. The molecule has 3 heterocycles. The van der Waals surface area contributed by atoms with Crippen molar-refractivity contribution in [3.05, 3.63) is 200 Å². The van der Waals surface area contributed by atoms with E-state index in [4.69, 9.17) is 9.97 Å². The Morgan fingerprint density at radius 2 is 0.836 bits per heavy atom. The molecule has 11 aromatic rings. The molecule has 0 fully saturated rings. The summed E-state index contributed by atoms with van der Waals surface area (Å²) in [4.78, 5) is 10.1. The Hall–Kier alpha value is -7.36. The van der Waals surface area contributed by atoms with Crippen LogP contribution in [0.15, 0.2) is 200 Å². The number of benzene rings is 8. The molecule has 55 heavy (non-hydrogen) atoms. The Morgan fingerprint density at radius 3 is 1.55 bits per heavy atom. The zero-order valence-electron chi connectivity index (χ0n) is 29.9. The van der Waals surface area contributed by atoms with Crippen molar-refractivity contribution in [2.75, 3.05) is 0 Å². The lowest BCUT2D eigenvalue weighted by Gasteiger charge is -2.11. The molecule has 0 bridgehead atoms. The first-order valence-corrected chi connectivity index (χ1v) is 18.7. The second-order valence-electron chi connectivity index (χ2n) is 14.2. The van der Waals surface area contributed by atoms with Gasteiger partial charge in [-0.1, -0.05) is 170 Å². The van der Waals surface area contributed by atoms with Crippen molar-refractivity contribution in [3.8, 4) is 67.3 Å². The quantitative estimate of drug-likeness (QED) is 0.173. The molecule has 0 aliphatic heterocycles. The number of aromatic nitrogens is 3. The average molecular weight is 700 g/mol. The lowest BCUT2D eigenvalue weighted by atomic mass is 9.95. The van der Waals surface area contributed by atoms with Crippen molar-refractivity contribution in [1.29, 1.82) is 0 Å². The molecule has 0 saturated heterocycles. The van der Waals surface area contributed by atoms with Gasteiger partial charge < -0.3 is 4.40 Å². The van der Waals surface area contributed by atoms with Crippen molar-refractivity contribution in [2.24, 2.45) is 0 Å². The van der Waals surface area contributed by atoms with Crippen LogP contribution < -0.4 is 0 Å². The minimum Gasteiger partial charge on any atom is -0.308 e. The standard InChI is InChI=1S/C52H33N3/c1-4-14-34(15-5-1)42-28-29-44-43-27-26-40(32-49(43)55-48-25-11-10-24-45(48)50(42)51(44)55)38-21-12-20-37(30-38)39-22-13-23-41(31-39)47-33-46(35-16-6-2-7-17-35)53-52(54-47)36-18-8-3-9-19-36/h1-33H. The highest BCUT2D eigenvalue weighted by atomic mass is 14.9. The molecular formula is C52H33N3. The zero-order chi connectivity index (χ0) is 36.3. The summed E-state index contributed by atoms with van der Waals surface area (Å²) in [5.41, 5.74) is 15.8. The van der Waals surface area contributed by atoms with E-state index in [0.29, 0.717) is 5.82 Å². The molecule has 0 saturated carbocycles. The summed E-state index contributed by atoms with van der Waals surface area (Å²) >= 11 is 0. The Labute approximate surface area is 318 Å². The van der Waals surface area contributed by atoms with Crippen LogP contribution in [-0.4, -0.2) is 14.4 Å². The van der Waals surface area contributed by atoms with Crippen LogP contribution in [0.25, 0.3) is 105 Å². The van der Waals surface area contributed by atoms with Crippen LogP contribution in [0.3, 0.4) is 0 Å². The molecule has 0 N–H and O–H groups in total. The Morgan fingerprint density at radius 1 is 0.309 bits per heavy atom. The van der Waals surface area contributed by atoms with E-state index in [9.17, 15) is 0 Å². The van der Waals surface area contributed by atoms with E-state index in [1.807, 2.05) is 24.3 Å². The third kappa shape index (κ3) is 5.20. The summed E-state index contributed by atoms with van der Waals surface area (Å²) in [6.45, 7) is 0. The minimum atomic E-state index is 0.715. The van der Waals surface area contributed by atoms with E-state index in [1.165, 1.54) is 60.3 Å². The summed E-state index contributed by atoms with van der Waals surface area (Å²) in [6.07, 6.45) is 0. The Kier molecular flexibility index (Phi) is 7.17. The minimum absolute atomic E-state index is 0.715. The predicted molar refractivity (Wildman–Crippen MR) is 229 cm³/mol. The maximum absolute atomic E-state index is 5.09. The summed E-state index contributed by atoms with van der Waals surface area (Å²) in [5.74, 6) is 0.715. The van der Waals surface area contributed by atoms with E-state index in [-0.39, 0.29) is 0 Å². The van der Waals surface area contributed by atoms with Crippen molar-refractivity contribution in [2.45, 2.75) is 0 Å². The summed E-state index contributed by atoms with van der Waals surface area (Å²) in [5, 5.41) is 5.15. The smallest absolute Gasteiger partial charge is 0.160 e. The monoisotopic (exact) mass is 699 g/mol. The molecule has 0 atom stereocenters. The zero-order valence-corrected chi connectivity index (χ0v) is 29.9. The maximum atomic E-state index is 5.09. The largest absolute Gasteiger partial charge is 0.308 e. The highest BCUT2D eigenvalue weighted by Gasteiger charge is 2.21. The van der Waals surface area contributed by atoms with Crippen LogP contribution >= 0.6 is 0 Å². The van der Waals surface area contributed by atoms with Crippen molar-refractivity contribution >= 4 is 38.1 Å². The Balaban J connectivity index is 1.02. The first-order valence-electron chi connectivity index (χ1n) is 18.7. The van der Waals surface area contributed by atoms with Gasteiger partial charge in [0.15, 0.2) is 5.82 Å². The molecule has 3 aromatic heterocycles. The van der Waals surface area contributed by atoms with Gasteiger partial charge in [-0.2, -0.15) is 0 Å². The van der Waals surface area contributed by atoms with Crippen molar-refractivity contribution in [1.82, 2.24) is 14.4 Å². The van der Waals surface area contributed by atoms with Crippen LogP contribution in [0.1, 0.15) is 0 Å².